The summed E-state index contributed by atoms with van der Waals surface area (Å²) in [6.45, 7) is 0. The van der Waals surface area contributed by atoms with Crippen molar-refractivity contribution in [3.63, 3.8) is 0 Å². The number of anilines is 1. The van der Waals surface area contributed by atoms with E-state index in [1.54, 1.807) is 17.1 Å². The molecule has 7 heteroatoms. The van der Waals surface area contributed by atoms with Gasteiger partial charge >= 0.3 is 0 Å². The Morgan fingerprint density at radius 2 is 1.90 bits per heavy atom. The topological polar surface area (TPSA) is 85.8 Å². The summed E-state index contributed by atoms with van der Waals surface area (Å²) < 4.78 is 1.66. The second-order valence-electron chi connectivity index (χ2n) is 5.21. The molecule has 1 heterocycles. The van der Waals surface area contributed by atoms with Crippen LogP contribution in [0.15, 0.2) is 36.7 Å². The van der Waals surface area contributed by atoms with Crippen LogP contribution in [-0.4, -0.2) is 26.4 Å². The van der Waals surface area contributed by atoms with Gasteiger partial charge in [0.2, 0.25) is 5.91 Å². The molecule has 3 rings (SSSR count). The summed E-state index contributed by atoms with van der Waals surface area (Å²) in [5.41, 5.74) is 7.06. The Balaban J connectivity index is 0.00000161. The van der Waals surface area contributed by atoms with Gasteiger partial charge in [0.15, 0.2) is 0 Å². The van der Waals surface area contributed by atoms with Crippen molar-refractivity contribution >= 4 is 24.0 Å². The first-order valence-electron chi connectivity index (χ1n) is 6.74. The Hall–Kier alpha value is -1.92. The molecule has 0 unspecified atom stereocenters. The second-order valence-corrected chi connectivity index (χ2v) is 5.21. The molecule has 1 aliphatic carbocycles. The van der Waals surface area contributed by atoms with E-state index in [0.717, 1.165) is 37.1 Å². The number of aromatic nitrogens is 3. The molecular formula is C14H18ClN5O. The van der Waals surface area contributed by atoms with Crippen molar-refractivity contribution in [2.24, 2.45) is 5.73 Å². The summed E-state index contributed by atoms with van der Waals surface area (Å²) in [4.78, 5) is 12.2. The number of hydrogen-bond donors (Lipinski definition) is 2. The molecule has 1 aliphatic rings. The summed E-state index contributed by atoms with van der Waals surface area (Å²) in [7, 11) is 0. The van der Waals surface area contributed by atoms with Gasteiger partial charge in [0.05, 0.1) is 23.6 Å². The molecule has 112 valence electrons. The molecule has 1 aromatic carbocycles. The van der Waals surface area contributed by atoms with E-state index < -0.39 is 5.54 Å². The zero-order valence-electron chi connectivity index (χ0n) is 11.5. The SMILES string of the molecule is Cl.NC1(C(=O)Nc2ccc(-n3ccnn3)cc2)CCCC1. The van der Waals surface area contributed by atoms with Gasteiger partial charge in [-0.3, -0.25) is 4.79 Å². The maximum atomic E-state index is 12.2. The number of nitrogens with zero attached hydrogens (tertiary/aromatic N) is 3. The minimum Gasteiger partial charge on any atom is -0.324 e. The molecule has 1 aromatic heterocycles. The third-order valence-electron chi connectivity index (χ3n) is 3.76. The molecule has 0 aliphatic heterocycles. The van der Waals surface area contributed by atoms with Crippen LogP contribution in [0.4, 0.5) is 5.69 Å². The fourth-order valence-corrected chi connectivity index (χ4v) is 2.53. The lowest BCUT2D eigenvalue weighted by atomic mass is 9.98. The highest BCUT2D eigenvalue weighted by molar-refractivity contribution is 5.98. The number of carbonyl (C=O) groups is 1. The summed E-state index contributed by atoms with van der Waals surface area (Å²) in [5, 5.41) is 10.6. The van der Waals surface area contributed by atoms with Gasteiger partial charge in [-0.1, -0.05) is 18.1 Å². The van der Waals surface area contributed by atoms with Crippen LogP contribution in [0.2, 0.25) is 0 Å². The van der Waals surface area contributed by atoms with E-state index in [1.807, 2.05) is 24.3 Å². The lowest BCUT2D eigenvalue weighted by molar-refractivity contribution is -0.121. The van der Waals surface area contributed by atoms with Gasteiger partial charge in [-0.2, -0.15) is 0 Å². The van der Waals surface area contributed by atoms with Crippen LogP contribution in [0.25, 0.3) is 5.69 Å². The van der Waals surface area contributed by atoms with Crippen molar-refractivity contribution in [3.8, 4) is 5.69 Å². The van der Waals surface area contributed by atoms with Crippen LogP contribution in [-0.2, 0) is 4.79 Å². The van der Waals surface area contributed by atoms with E-state index in [-0.39, 0.29) is 18.3 Å². The minimum atomic E-state index is -0.704. The smallest absolute Gasteiger partial charge is 0.244 e. The molecule has 1 saturated carbocycles. The van der Waals surface area contributed by atoms with Crippen molar-refractivity contribution in [1.29, 1.82) is 0 Å². The number of hydrogen-bond acceptors (Lipinski definition) is 4. The number of nitrogens with one attached hydrogen (secondary N) is 1. The van der Waals surface area contributed by atoms with Gasteiger partial charge in [0.1, 0.15) is 0 Å². The van der Waals surface area contributed by atoms with Gasteiger partial charge in [-0.05, 0) is 37.1 Å². The molecule has 0 bridgehead atoms. The Morgan fingerprint density at radius 1 is 1.24 bits per heavy atom. The first kappa shape index (κ1) is 15.5. The molecular weight excluding hydrogens is 290 g/mol. The number of rotatable bonds is 3. The highest BCUT2D eigenvalue weighted by Crippen LogP contribution is 2.28. The molecule has 0 saturated heterocycles. The monoisotopic (exact) mass is 307 g/mol. The van der Waals surface area contributed by atoms with E-state index in [2.05, 4.69) is 15.6 Å². The molecule has 21 heavy (non-hydrogen) atoms. The molecule has 6 nitrogen and oxygen atoms in total. The third kappa shape index (κ3) is 3.22. The fraction of sp³-hybridized carbons (Fsp3) is 0.357. The third-order valence-corrected chi connectivity index (χ3v) is 3.76. The molecule has 0 spiro atoms. The van der Waals surface area contributed by atoms with Gasteiger partial charge in [0, 0.05) is 5.69 Å². The predicted octanol–water partition coefficient (Wildman–Crippen LogP) is 1.90. The zero-order valence-corrected chi connectivity index (χ0v) is 12.3. The van der Waals surface area contributed by atoms with Gasteiger partial charge in [-0.25, -0.2) is 4.68 Å². The average Bonchev–Trinajstić information content (AvgIpc) is 3.11. The Morgan fingerprint density at radius 3 is 2.48 bits per heavy atom. The average molecular weight is 308 g/mol. The molecule has 0 radical (unpaired) electrons. The van der Waals surface area contributed by atoms with Crippen molar-refractivity contribution in [2.75, 3.05) is 5.32 Å². The number of benzene rings is 1. The van der Waals surface area contributed by atoms with E-state index in [0.29, 0.717) is 0 Å². The molecule has 1 amide bonds. The van der Waals surface area contributed by atoms with E-state index in [9.17, 15) is 4.79 Å². The van der Waals surface area contributed by atoms with Crippen LogP contribution in [0.1, 0.15) is 25.7 Å². The first-order valence-corrected chi connectivity index (χ1v) is 6.74. The van der Waals surface area contributed by atoms with E-state index in [1.165, 1.54) is 0 Å². The summed E-state index contributed by atoms with van der Waals surface area (Å²) in [6.07, 6.45) is 6.95. The predicted molar refractivity (Wildman–Crippen MR) is 82.6 cm³/mol. The van der Waals surface area contributed by atoms with Crippen LogP contribution in [0.5, 0.6) is 0 Å². The number of halogens is 1. The van der Waals surface area contributed by atoms with Crippen LogP contribution < -0.4 is 11.1 Å². The molecule has 2 aromatic rings. The summed E-state index contributed by atoms with van der Waals surface area (Å²) in [6, 6.07) is 7.44. The van der Waals surface area contributed by atoms with Gasteiger partial charge in [0.25, 0.3) is 0 Å². The van der Waals surface area contributed by atoms with E-state index >= 15 is 0 Å². The summed E-state index contributed by atoms with van der Waals surface area (Å²) in [5.74, 6) is -0.0940. The maximum absolute atomic E-state index is 12.2. The van der Waals surface area contributed by atoms with Crippen molar-refractivity contribution in [1.82, 2.24) is 15.0 Å². The van der Waals surface area contributed by atoms with Crippen molar-refractivity contribution in [2.45, 2.75) is 31.2 Å². The molecule has 0 atom stereocenters. The Labute approximate surface area is 129 Å². The first-order chi connectivity index (χ1) is 9.67. The number of carbonyl (C=O) groups excluding carboxylic acids is 1. The highest BCUT2D eigenvalue weighted by atomic mass is 35.5. The Kier molecular flexibility index (Phi) is 4.59. The van der Waals surface area contributed by atoms with Crippen LogP contribution in [0, 0.1) is 0 Å². The molecule has 1 fully saturated rings. The minimum absolute atomic E-state index is 0. The zero-order chi connectivity index (χ0) is 14.0. The highest BCUT2D eigenvalue weighted by Gasteiger charge is 2.36. The van der Waals surface area contributed by atoms with Gasteiger partial charge < -0.3 is 11.1 Å². The van der Waals surface area contributed by atoms with Gasteiger partial charge in [-0.15, -0.1) is 17.5 Å². The number of amides is 1. The van der Waals surface area contributed by atoms with Crippen LogP contribution in [0.3, 0.4) is 0 Å². The Bertz CT molecular complexity index is 590. The lowest BCUT2D eigenvalue weighted by Gasteiger charge is -2.22. The summed E-state index contributed by atoms with van der Waals surface area (Å²) >= 11 is 0. The largest absolute Gasteiger partial charge is 0.324 e. The van der Waals surface area contributed by atoms with E-state index in [4.69, 9.17) is 5.73 Å². The fourth-order valence-electron chi connectivity index (χ4n) is 2.53. The lowest BCUT2D eigenvalue weighted by Crippen LogP contribution is -2.48. The molecule has 3 N–H and O–H groups in total. The second kappa shape index (κ2) is 6.24. The van der Waals surface area contributed by atoms with Crippen molar-refractivity contribution < 1.29 is 4.79 Å². The maximum Gasteiger partial charge on any atom is 0.244 e. The van der Waals surface area contributed by atoms with Crippen LogP contribution >= 0.6 is 12.4 Å². The normalized spacial score (nSPS) is 16.2. The number of nitrogens with two attached hydrogens (primary N) is 1. The quantitative estimate of drug-likeness (QED) is 0.907. The standard InChI is InChI=1S/C14H17N5O.ClH/c15-14(7-1-2-8-14)13(20)17-11-3-5-12(6-4-11)19-10-9-16-18-19;/h3-6,9-10H,1-2,7-8,15H2,(H,17,20);1H. The van der Waals surface area contributed by atoms with Crippen molar-refractivity contribution in [3.05, 3.63) is 36.7 Å².